The molecule has 11 aromatic rings. The number of methoxy groups -OCH3 is 3. The lowest BCUT2D eigenvalue weighted by Gasteiger charge is -2.18. The zero-order chi connectivity index (χ0) is 109. The third kappa shape index (κ3) is 67.1. The third-order valence-electron chi connectivity index (χ3n) is 20.0. The van der Waals surface area contributed by atoms with Gasteiger partial charge in [0.2, 0.25) is 0 Å². The van der Waals surface area contributed by atoms with Crippen molar-refractivity contribution in [2.75, 3.05) is 27.9 Å². The summed E-state index contributed by atoms with van der Waals surface area (Å²) in [7, 11) is 4.45. The summed E-state index contributed by atoms with van der Waals surface area (Å²) in [6, 6.07) is 89.5. The van der Waals surface area contributed by atoms with E-state index in [4.69, 9.17) is 46.2 Å². The Morgan fingerprint density at radius 2 is 0.785 bits per heavy atom. The minimum atomic E-state index is -0.727. The van der Waals surface area contributed by atoms with Crippen LogP contribution in [0.5, 0.6) is 23.0 Å². The van der Waals surface area contributed by atoms with Gasteiger partial charge in [0.1, 0.15) is 42.0 Å². The molecule has 0 amide bonds. The van der Waals surface area contributed by atoms with Crippen LogP contribution in [0.4, 0.5) is 4.39 Å². The third-order valence-corrected chi connectivity index (χ3v) is 20.4. The Hall–Kier alpha value is -12.5. The Labute approximate surface area is 875 Å². The van der Waals surface area contributed by atoms with Crippen LogP contribution in [0.1, 0.15) is 298 Å². The number of esters is 2. The number of rotatable bonds is 28. The average Bonchev–Trinajstić information content (AvgIpc) is 0.877. The van der Waals surface area contributed by atoms with Gasteiger partial charge in [-0.3, -0.25) is 4.79 Å². The Morgan fingerprint density at radius 3 is 1.20 bits per heavy atom. The van der Waals surface area contributed by atoms with Crippen molar-refractivity contribution in [3.05, 3.63) is 379 Å². The Balaban J connectivity index is 0.000000811. The van der Waals surface area contributed by atoms with Crippen LogP contribution in [0, 0.1) is 104 Å². The lowest BCUT2D eigenvalue weighted by molar-refractivity contribution is -0.137. The molecule has 0 atom stereocenters. The second-order valence-corrected chi connectivity index (χ2v) is 43.9. The van der Waals surface area contributed by atoms with E-state index >= 15 is 0 Å². The van der Waals surface area contributed by atoms with Crippen molar-refractivity contribution in [2.24, 2.45) is 63.6 Å². The van der Waals surface area contributed by atoms with E-state index in [0.29, 0.717) is 82.5 Å². The normalized spacial score (nSPS) is 10.5. The van der Waals surface area contributed by atoms with Gasteiger partial charge in [-0.25, -0.2) is 14.0 Å². The molecular formula is C130H174ClFN2O10. The molecule has 0 heterocycles. The molecule has 2 N–H and O–H groups in total. The van der Waals surface area contributed by atoms with Crippen LogP contribution in [0.3, 0.4) is 0 Å². The number of phenolic OH excluding ortho intramolecular Hbond substituents is 1. The number of benzene rings is 11. The molecule has 0 radical (unpaired) electrons. The van der Waals surface area contributed by atoms with Crippen LogP contribution in [0.2, 0.25) is 5.02 Å². The molecule has 0 unspecified atom stereocenters. The molecule has 0 aliphatic heterocycles. The number of nitriles is 2. The number of carbonyl (C=O) groups is 3. The maximum atomic E-state index is 12.6. The minimum Gasteiger partial charge on any atom is -0.508 e. The number of allylic oxidation sites excluding steroid dienone is 1. The van der Waals surface area contributed by atoms with Crippen molar-refractivity contribution in [1.29, 1.82) is 10.5 Å². The molecule has 778 valence electrons. The SMILES string of the molecule is C=C(C)CC(C)(C)C.CC(C)C.CC(C)Cc1ccc(F)cc1Cl.CC(C)Cc1cccc(C#N)c1.CC(C)Cc1cccc(C#N)c1.CC(C)Cc1ccccc1.CC(C)Cc1ccccc1CCC(=O)O.CC(C)Cc1ccccc1O.COC(=O)c1ccc(C#CCOc2ccc(CC(C)(C)C)cc2)cc1.COC(=O)c1cccc(COc2ccc(CC(C)(C)C)cc2)c1.COc1cccc(CC(C)C)c1. The molecule has 0 fully saturated rings. The molecule has 11 rings (SSSR count). The van der Waals surface area contributed by atoms with Gasteiger partial charge in [0.05, 0.1) is 55.7 Å². The number of carboxylic acid groups (broad SMARTS) is 1. The summed E-state index contributed by atoms with van der Waals surface area (Å²) >= 11 is 5.83. The van der Waals surface area contributed by atoms with Crippen LogP contribution in [0.25, 0.3) is 0 Å². The Kier molecular flexibility index (Phi) is 64.7. The average molecular weight is 1980 g/mol. The lowest BCUT2D eigenvalue weighted by atomic mass is 9.88. The highest BCUT2D eigenvalue weighted by Crippen LogP contribution is 2.28. The smallest absolute Gasteiger partial charge is 0.337 e. The molecule has 0 aromatic heterocycles. The van der Waals surface area contributed by atoms with Crippen molar-refractivity contribution in [1.82, 2.24) is 0 Å². The number of hydrogen-bond donors (Lipinski definition) is 2. The topological polar surface area (TPSA) is 185 Å². The molecule has 12 nitrogen and oxygen atoms in total. The number of ether oxygens (including phenoxy) is 5. The highest BCUT2D eigenvalue weighted by Gasteiger charge is 2.16. The Morgan fingerprint density at radius 1 is 0.389 bits per heavy atom. The predicted octanol–water partition coefficient (Wildman–Crippen LogP) is 34.3. The first kappa shape index (κ1) is 130. The fraction of sp³-hybridized carbons (Fsp3) is 0.423. The molecular weight excluding hydrogens is 1800 g/mol. The molecule has 0 bridgehead atoms. The van der Waals surface area contributed by atoms with E-state index in [-0.39, 0.29) is 35.0 Å². The van der Waals surface area contributed by atoms with Gasteiger partial charge in [0, 0.05) is 17.0 Å². The van der Waals surface area contributed by atoms with Crippen LogP contribution in [-0.2, 0) is 85.1 Å². The van der Waals surface area contributed by atoms with Crippen LogP contribution in [0.15, 0.2) is 279 Å². The first-order valence-corrected chi connectivity index (χ1v) is 51.2. The number of nitrogens with zero attached hydrogens (tertiary/aromatic N) is 2. The van der Waals surface area contributed by atoms with Gasteiger partial charge in [-0.05, 0) is 318 Å². The molecule has 0 saturated heterocycles. The van der Waals surface area contributed by atoms with E-state index in [2.05, 4.69) is 307 Å². The summed E-state index contributed by atoms with van der Waals surface area (Å²) in [6.07, 6.45) is 11.4. The number of carboxylic acids is 1. The molecule has 0 aliphatic carbocycles. The molecule has 0 saturated carbocycles. The maximum Gasteiger partial charge on any atom is 0.337 e. The van der Waals surface area contributed by atoms with Gasteiger partial charge in [-0.1, -0.05) is 361 Å². The van der Waals surface area contributed by atoms with Gasteiger partial charge in [0.15, 0.2) is 0 Å². The van der Waals surface area contributed by atoms with Gasteiger partial charge in [-0.15, -0.1) is 6.58 Å². The summed E-state index contributed by atoms with van der Waals surface area (Å²) in [5.41, 5.74) is 19.0. The van der Waals surface area contributed by atoms with Gasteiger partial charge >= 0.3 is 17.9 Å². The van der Waals surface area contributed by atoms with Crippen LogP contribution in [-0.4, -0.2) is 56.1 Å². The number of phenols is 1. The predicted molar refractivity (Wildman–Crippen MR) is 604 cm³/mol. The van der Waals surface area contributed by atoms with Crippen LogP contribution < -0.4 is 14.2 Å². The molecule has 0 spiro atoms. The number of carbonyl (C=O) groups excluding carboxylic acids is 2. The van der Waals surface area contributed by atoms with Crippen molar-refractivity contribution in [3.8, 4) is 47.0 Å². The zero-order valence-corrected chi connectivity index (χ0v) is 93.7. The summed E-state index contributed by atoms with van der Waals surface area (Å²) in [5, 5.41) is 35.8. The number of halogens is 2. The highest BCUT2D eigenvalue weighted by atomic mass is 35.5. The maximum absolute atomic E-state index is 12.6. The first-order valence-electron chi connectivity index (χ1n) is 50.8. The van der Waals surface area contributed by atoms with Gasteiger partial charge in [-0.2, -0.15) is 10.5 Å². The summed E-state index contributed by atoms with van der Waals surface area (Å²) < 4.78 is 38.6. The minimum absolute atomic E-state index is 0.217. The number of hydrogen-bond acceptors (Lipinski definition) is 11. The van der Waals surface area contributed by atoms with E-state index in [1.165, 1.54) is 82.9 Å². The summed E-state index contributed by atoms with van der Waals surface area (Å²) in [5.74, 6) is 12.7. The van der Waals surface area contributed by atoms with E-state index in [9.17, 15) is 23.9 Å². The van der Waals surface area contributed by atoms with Crippen LogP contribution >= 0.6 is 11.6 Å². The Bertz CT molecular complexity index is 5500. The van der Waals surface area contributed by atoms with Gasteiger partial charge < -0.3 is 33.9 Å². The van der Waals surface area contributed by atoms with E-state index < -0.39 is 5.97 Å². The van der Waals surface area contributed by atoms with Gasteiger partial charge in [0.25, 0.3) is 0 Å². The monoisotopic (exact) mass is 1980 g/mol. The van der Waals surface area contributed by atoms with Crippen molar-refractivity contribution < 1.29 is 52.7 Å². The van der Waals surface area contributed by atoms with Crippen molar-refractivity contribution in [2.45, 2.75) is 271 Å². The standard InChI is InChI=1S/C22H24O3.C20H24O3.C13H18O2.2C11H13N.C11H16O.C10H12ClF.C10H14O.C10H14.C8H16.C4H10/c1-22(2,3)16-18-9-13-20(14-10-18)25-15-5-6-17-7-11-19(12-8-17)21(23)24-4;1-20(2,3)13-15-8-10-18(11-9-15)23-14-16-6-5-7-17(12-16)19(21)22-4;1-10(2)9-12-6-4-3-5-11(12)7-8-13(14)15;2*1-9(2)6-10-4-3-5-11(7-10)8-12;1-9(2)7-10-5-4-6-11(8-10)12-3;1-7(2)5-8-3-4-9(12)6-10(8)11;1-8(2)7-9-5-3-4-6-10(9)11;1-9(2)8-10-6-4-3-5-7-10;1-7(2)6-8(3,4)5;1-4(2)3/h7-14H,15-16H2,1-4H3;5-12H,13-14H2,1-4H3;3-6,10H,7-9H2,1-2H3,(H,14,15);2*3-5,7,9H,6H2,1-2H3;4-6,8-9H,7H2,1-3H3;3-4,6-7H,5H2,1-2H3;3-6,8,11H,7H2,1-2H3;3-7,9H,8H2,1-2H3;1,6H2,2-5H3;4H,1-3H3. The molecule has 11 aromatic carbocycles. The largest absolute Gasteiger partial charge is 0.508 e. The molecule has 0 aliphatic rings. The van der Waals surface area contributed by atoms with Crippen molar-refractivity contribution >= 4 is 29.5 Å². The quantitative estimate of drug-likeness (QED) is 0.0269. The molecule has 144 heavy (non-hydrogen) atoms. The van der Waals surface area contributed by atoms with E-state index in [0.717, 1.165) is 120 Å². The number of para-hydroxylation sites is 1. The van der Waals surface area contributed by atoms with Crippen molar-refractivity contribution in [3.63, 3.8) is 0 Å². The fourth-order valence-electron chi connectivity index (χ4n) is 14.4. The number of aryl methyl sites for hydroxylation is 1. The number of aromatic hydroxyl groups is 1. The summed E-state index contributed by atoms with van der Waals surface area (Å²) in [4.78, 5) is 33.4. The second kappa shape index (κ2) is 71.9. The summed E-state index contributed by atoms with van der Waals surface area (Å²) in [6.45, 7) is 63.7. The second-order valence-electron chi connectivity index (χ2n) is 43.5. The number of aliphatic carboxylic acids is 1. The highest BCUT2D eigenvalue weighted by molar-refractivity contribution is 6.31. The lowest BCUT2D eigenvalue weighted by Crippen LogP contribution is -2.08. The fourth-order valence-corrected chi connectivity index (χ4v) is 14.7. The zero-order valence-electron chi connectivity index (χ0n) is 92.9. The molecule has 14 heteroatoms. The first-order chi connectivity index (χ1) is 67.7. The van der Waals surface area contributed by atoms with E-state index in [1.54, 1.807) is 55.6 Å². The van der Waals surface area contributed by atoms with E-state index in [1.807, 2.05) is 121 Å².